The number of carbonyl (C=O) groups excluding carboxylic acids is 3. The maximum Gasteiger partial charge on any atom is 0.414 e. The van der Waals surface area contributed by atoms with E-state index >= 15 is 0 Å². The molecule has 6 N–H and O–H groups in total. The van der Waals surface area contributed by atoms with Crippen molar-refractivity contribution in [1.29, 1.82) is 0 Å². The minimum atomic E-state index is -1.00. The van der Waals surface area contributed by atoms with Crippen LogP contribution in [0.25, 0.3) is 44.1 Å². The van der Waals surface area contributed by atoms with Crippen LogP contribution in [0.5, 0.6) is 0 Å². The Morgan fingerprint density at radius 1 is 0.638 bits per heavy atom. The normalized spacial score (nSPS) is 15.0. The molecule has 17 nitrogen and oxygen atoms in total. The number of carbonyl (C=O) groups is 4. The number of aromatic amines is 2. The van der Waals surface area contributed by atoms with Gasteiger partial charge in [0, 0.05) is 45.4 Å². The molecule has 2 aliphatic heterocycles. The molecule has 2 unspecified atom stereocenters. The predicted octanol–water partition coefficient (Wildman–Crippen LogP) is 7.19. The van der Waals surface area contributed by atoms with Crippen molar-refractivity contribution in [2.45, 2.75) is 12.2 Å². The number of rotatable bonds is 9. The van der Waals surface area contributed by atoms with Crippen LogP contribution in [-0.4, -0.2) is 95.1 Å². The summed E-state index contributed by atoms with van der Waals surface area (Å²) in [6.07, 6.45) is -1.59. The van der Waals surface area contributed by atoms with E-state index in [0.29, 0.717) is 58.6 Å². The van der Waals surface area contributed by atoms with Crippen molar-refractivity contribution in [2.24, 2.45) is 5.73 Å². The van der Waals surface area contributed by atoms with Gasteiger partial charge in [0.25, 0.3) is 17.0 Å². The number of aromatic nitrogens is 4. The molecule has 0 aliphatic carbocycles. The number of nitrogens with two attached hydrogens (primary N) is 1. The van der Waals surface area contributed by atoms with Crippen LogP contribution in [0.3, 0.4) is 0 Å². The number of H-pyrrole nitrogens is 2. The van der Waals surface area contributed by atoms with Gasteiger partial charge in [0.2, 0.25) is 0 Å². The number of halogens is 1. The summed E-state index contributed by atoms with van der Waals surface area (Å²) in [4.78, 5) is 73.8. The lowest BCUT2D eigenvalue weighted by Gasteiger charge is -2.14. The third-order valence-electron chi connectivity index (χ3n) is 10.9. The van der Waals surface area contributed by atoms with E-state index in [2.05, 4.69) is 25.7 Å². The van der Waals surface area contributed by atoms with Crippen LogP contribution in [0.1, 0.15) is 22.1 Å². The molecule has 0 bridgehead atoms. The lowest BCUT2D eigenvalue weighted by Crippen LogP contribution is -2.34. The number of ether oxygens (including phenoxy) is 2. The van der Waals surface area contributed by atoms with Crippen molar-refractivity contribution in [3.05, 3.63) is 190 Å². The van der Waals surface area contributed by atoms with Crippen LogP contribution in [0, 0.1) is 0 Å². The second kappa shape index (κ2) is 22.4. The highest BCUT2D eigenvalue weighted by molar-refractivity contribution is 5.97. The number of anilines is 2. The number of benzene rings is 6. The van der Waals surface area contributed by atoms with E-state index in [-0.39, 0.29) is 29.7 Å². The van der Waals surface area contributed by atoms with Crippen molar-refractivity contribution < 1.29 is 39.5 Å². The minimum Gasteiger partial charge on any atom is -0.478 e. The molecule has 10 rings (SSSR count). The first kappa shape index (κ1) is 46.5. The van der Waals surface area contributed by atoms with E-state index in [9.17, 15) is 33.2 Å². The van der Waals surface area contributed by atoms with Crippen molar-refractivity contribution in [2.75, 3.05) is 43.1 Å². The molecule has 2 aliphatic rings. The van der Waals surface area contributed by atoms with Gasteiger partial charge in [0.15, 0.2) is 0 Å². The third kappa shape index (κ3) is 11.3. The number of alkyl halides is 1. The van der Waals surface area contributed by atoms with Gasteiger partial charge in [-0.2, -0.15) is 10.2 Å². The maximum atomic E-state index is 12.4. The fraction of sp³-hybridized carbons (Fsp3) is 0.137. The molecule has 0 saturated carbocycles. The van der Waals surface area contributed by atoms with Gasteiger partial charge in [-0.3, -0.25) is 28.6 Å². The second-order valence-corrected chi connectivity index (χ2v) is 15.2. The monoisotopic (exact) mass is 933 g/mol. The first-order valence-electron chi connectivity index (χ1n) is 22.0. The average Bonchev–Trinajstić information content (AvgIpc) is 3.98. The molecule has 2 aromatic heterocycles. The van der Waals surface area contributed by atoms with Crippen LogP contribution in [0.4, 0.5) is 25.4 Å². The van der Waals surface area contributed by atoms with E-state index < -0.39 is 31.4 Å². The number of hydrogen-bond acceptors (Lipinski definition) is 11. The highest BCUT2D eigenvalue weighted by atomic mass is 19.1. The molecule has 4 heterocycles. The van der Waals surface area contributed by atoms with E-state index in [1.807, 2.05) is 91.0 Å². The smallest absolute Gasteiger partial charge is 0.414 e. The minimum absolute atomic E-state index is 0.213. The van der Waals surface area contributed by atoms with Gasteiger partial charge in [0.1, 0.15) is 12.2 Å². The number of nitrogens with zero attached hydrogens (tertiary/aromatic N) is 4. The molecule has 8 aromatic rings. The van der Waals surface area contributed by atoms with Crippen molar-refractivity contribution in [3.8, 4) is 22.5 Å². The van der Waals surface area contributed by atoms with Gasteiger partial charge < -0.3 is 25.6 Å². The molecule has 6 aromatic carbocycles. The second-order valence-electron chi connectivity index (χ2n) is 15.2. The zero-order chi connectivity index (χ0) is 49.6. The van der Waals surface area contributed by atoms with E-state index in [0.717, 1.165) is 27.6 Å². The van der Waals surface area contributed by atoms with Gasteiger partial charge in [-0.15, -0.1) is 0 Å². The first-order valence-corrected chi connectivity index (χ1v) is 21.3. The Morgan fingerprint density at radius 3 is 1.43 bits per heavy atom. The molecule has 350 valence electrons. The summed E-state index contributed by atoms with van der Waals surface area (Å²) >= 11 is 0. The number of hydrogen-bond donors (Lipinski definition) is 5. The van der Waals surface area contributed by atoms with E-state index in [1.54, 1.807) is 71.6 Å². The Kier molecular flexibility index (Phi) is 15.1. The van der Waals surface area contributed by atoms with E-state index in [1.165, 1.54) is 4.90 Å². The number of aromatic carboxylic acids is 1. The number of carboxylic acid groups (broad SMARTS) is 1. The highest BCUT2D eigenvalue weighted by Crippen LogP contribution is 2.30. The van der Waals surface area contributed by atoms with Gasteiger partial charge in [-0.25, -0.2) is 24.6 Å². The largest absolute Gasteiger partial charge is 0.478 e. The molecule has 0 radical (unpaired) electrons. The molecule has 3 amide bonds. The molecule has 69 heavy (non-hydrogen) atoms. The maximum absolute atomic E-state index is 12.4. The van der Waals surface area contributed by atoms with Crippen molar-refractivity contribution in [3.63, 3.8) is 0 Å². The molecule has 0 spiro atoms. The summed E-state index contributed by atoms with van der Waals surface area (Å²) in [6, 6.07) is 46.5. The van der Waals surface area contributed by atoms with Crippen LogP contribution < -0.4 is 32.0 Å². The molecule has 2 saturated heterocycles. The van der Waals surface area contributed by atoms with Gasteiger partial charge >= 0.3 is 18.2 Å². The van der Waals surface area contributed by atoms with Crippen LogP contribution in [-0.2, 0) is 9.47 Å². The van der Waals surface area contributed by atoms with Gasteiger partial charge in [-0.05, 0) is 60.7 Å². The molecule has 18 heteroatoms. The molecule has 2 atom stereocenters. The van der Waals surface area contributed by atoms with Crippen molar-refractivity contribution >= 4 is 57.0 Å². The quantitative estimate of drug-likeness (QED) is 0.0966. The van der Waals surface area contributed by atoms with Crippen LogP contribution in [0.2, 0.25) is 0 Å². The zero-order valence-corrected chi connectivity index (χ0v) is 36.7. The Bertz CT molecular complexity index is 3220. The average molecular weight is 934 g/mol. The lowest BCUT2D eigenvalue weighted by atomic mass is 10.0. The fourth-order valence-electron chi connectivity index (χ4n) is 7.44. The summed E-state index contributed by atoms with van der Waals surface area (Å²) in [7, 11) is -1.00. The van der Waals surface area contributed by atoms with Crippen LogP contribution in [0.15, 0.2) is 167 Å². The Balaban J connectivity index is 0.000000171. The number of fused-ring (bicyclic) bond motifs is 2. The zero-order valence-electron chi connectivity index (χ0n) is 37.7. The first-order chi connectivity index (χ1) is 34.0. The number of amides is 3. The standard InChI is InChI=1S/C25H20N4O4.C18H16N4O3.C7H6O2.CH3F/c30-23(17-6-2-1-3-7-17)26-14-19-15-29(25(32)33-19)18-12-10-16(11-13-18)22-20-8-4-5-9-21(20)24(31)28-27-22;19-9-13-10-22(18(24)25-13)12-7-5-11(6-8-12)16-14-3-1-2-4-15(14)17(23)21-20-16;8-7(9)6-4-2-1-3-5-6;1-2/h1-13,19H,14-15H2,(H,26,30)(H,28,31);1-8,13H,9-10,19H2,(H,21,23);1-5H,(H,8,9);1H3/i;;;1D. The highest BCUT2D eigenvalue weighted by Gasteiger charge is 2.33. The SMILES string of the molecule is NCC1CN(c2ccc(-c3n[nH]c(=O)c4ccccc34)cc2)C(=O)O1.O=C(NCC1CN(c2ccc(-c3n[nH]c(=O)c4ccccc34)cc2)C(=O)O1)c1ccccc1.O=C(O)c1ccccc1.[2H]CF. The summed E-state index contributed by atoms with van der Waals surface area (Å²) in [6.45, 7) is 1.29. The van der Waals surface area contributed by atoms with Crippen LogP contribution >= 0.6 is 0 Å². The Labute approximate surface area is 394 Å². The Morgan fingerprint density at radius 2 is 1.03 bits per heavy atom. The van der Waals surface area contributed by atoms with Gasteiger partial charge in [0.05, 0.1) is 55.9 Å². The lowest BCUT2D eigenvalue weighted by molar-refractivity contribution is 0.0696. The topological polar surface area (TPSA) is 243 Å². The summed E-state index contributed by atoms with van der Waals surface area (Å²) < 4.78 is 26.1. The molecular formula is C51H45FN8O9. The Hall–Kier alpha value is -9.03. The summed E-state index contributed by atoms with van der Waals surface area (Å²) in [5, 5.41) is 27.3. The van der Waals surface area contributed by atoms with E-state index in [4.69, 9.17) is 21.7 Å². The third-order valence-corrected chi connectivity index (χ3v) is 10.9. The number of cyclic esters (lactones) is 2. The summed E-state index contributed by atoms with van der Waals surface area (Å²) in [5.41, 5.74) is 10.4. The summed E-state index contributed by atoms with van der Waals surface area (Å²) in [5.74, 6) is -1.09. The molecular weight excluding hydrogens is 888 g/mol. The fourth-order valence-corrected chi connectivity index (χ4v) is 7.44. The number of carboxylic acids is 1. The van der Waals surface area contributed by atoms with Gasteiger partial charge in [-0.1, -0.05) is 97.1 Å². The number of nitrogens with one attached hydrogen (secondary N) is 3. The van der Waals surface area contributed by atoms with Crippen molar-refractivity contribution in [1.82, 2.24) is 25.7 Å². The predicted molar refractivity (Wildman–Crippen MR) is 259 cm³/mol. The molecule has 2 fully saturated rings.